The normalized spacial score (nSPS) is 9.94. The van der Waals surface area contributed by atoms with E-state index in [0.29, 0.717) is 18.7 Å². The summed E-state index contributed by atoms with van der Waals surface area (Å²) in [7, 11) is 0. The lowest BCUT2D eigenvalue weighted by Gasteiger charge is -2.04. The maximum Gasteiger partial charge on any atom is 0.133 e. The number of nitrogens with zero attached hydrogens (tertiary/aromatic N) is 2. The molecular formula is C14H13N3O. The van der Waals surface area contributed by atoms with E-state index in [1.54, 1.807) is 24.3 Å². The molecule has 0 bridgehead atoms. The summed E-state index contributed by atoms with van der Waals surface area (Å²) in [6.45, 7) is 1.36. The number of benzene rings is 1. The average molecular weight is 239 g/mol. The third-order valence-corrected chi connectivity index (χ3v) is 2.53. The van der Waals surface area contributed by atoms with Gasteiger partial charge in [0.1, 0.15) is 5.75 Å². The predicted molar refractivity (Wildman–Crippen MR) is 67.6 cm³/mol. The second-order valence-electron chi connectivity index (χ2n) is 3.92. The first kappa shape index (κ1) is 12.1. The van der Waals surface area contributed by atoms with Crippen LogP contribution >= 0.6 is 0 Å². The topological polar surface area (TPSA) is 68.9 Å². The fourth-order valence-corrected chi connectivity index (χ4v) is 1.55. The van der Waals surface area contributed by atoms with Crippen LogP contribution in [0.1, 0.15) is 16.8 Å². The molecule has 0 unspecified atom stereocenters. The molecule has 0 aliphatic heterocycles. The minimum atomic E-state index is 0.172. The zero-order chi connectivity index (χ0) is 12.8. The number of pyridine rings is 1. The zero-order valence-electron chi connectivity index (χ0n) is 9.80. The maximum atomic E-state index is 9.10. The predicted octanol–water partition coefficient (Wildman–Crippen LogP) is 1.95. The van der Waals surface area contributed by atoms with E-state index in [-0.39, 0.29) is 5.75 Å². The number of aromatic hydroxyl groups is 1. The summed E-state index contributed by atoms with van der Waals surface area (Å²) in [5, 5.41) is 21.0. The molecule has 4 heteroatoms. The summed E-state index contributed by atoms with van der Waals surface area (Å²) in [4.78, 5) is 4.08. The van der Waals surface area contributed by atoms with Crippen LogP contribution in [0.5, 0.6) is 5.75 Å². The van der Waals surface area contributed by atoms with Gasteiger partial charge in [0.05, 0.1) is 23.5 Å². The Morgan fingerprint density at radius 1 is 1.11 bits per heavy atom. The van der Waals surface area contributed by atoms with Crippen molar-refractivity contribution in [1.29, 1.82) is 5.26 Å². The van der Waals surface area contributed by atoms with Gasteiger partial charge in [0, 0.05) is 13.1 Å². The molecule has 0 saturated carbocycles. The Morgan fingerprint density at radius 2 is 1.89 bits per heavy atom. The van der Waals surface area contributed by atoms with Crippen molar-refractivity contribution in [2.45, 2.75) is 13.1 Å². The fourth-order valence-electron chi connectivity index (χ4n) is 1.55. The van der Waals surface area contributed by atoms with Gasteiger partial charge in [0.25, 0.3) is 0 Å². The molecule has 18 heavy (non-hydrogen) atoms. The molecule has 0 atom stereocenters. The first-order valence-corrected chi connectivity index (χ1v) is 5.61. The van der Waals surface area contributed by atoms with E-state index in [9.17, 15) is 0 Å². The smallest absolute Gasteiger partial charge is 0.133 e. The van der Waals surface area contributed by atoms with Gasteiger partial charge in [-0.2, -0.15) is 5.26 Å². The van der Waals surface area contributed by atoms with Crippen LogP contribution in [-0.2, 0) is 13.1 Å². The van der Waals surface area contributed by atoms with Gasteiger partial charge in [-0.1, -0.05) is 12.1 Å². The molecule has 0 spiro atoms. The molecule has 0 saturated heterocycles. The lowest BCUT2D eigenvalue weighted by atomic mass is 10.1. The summed E-state index contributed by atoms with van der Waals surface area (Å²) < 4.78 is 0. The van der Waals surface area contributed by atoms with Gasteiger partial charge in [-0.3, -0.25) is 4.98 Å². The van der Waals surface area contributed by atoms with Crippen LogP contribution in [0, 0.1) is 11.3 Å². The van der Waals surface area contributed by atoms with Gasteiger partial charge < -0.3 is 10.4 Å². The van der Waals surface area contributed by atoms with Crippen LogP contribution in [-0.4, -0.2) is 10.1 Å². The minimum absolute atomic E-state index is 0.172. The molecule has 0 amide bonds. The van der Waals surface area contributed by atoms with Gasteiger partial charge in [-0.25, -0.2) is 0 Å². The monoisotopic (exact) mass is 239 g/mol. The molecule has 2 N–H and O–H groups in total. The van der Waals surface area contributed by atoms with E-state index in [1.165, 1.54) is 6.20 Å². The highest BCUT2D eigenvalue weighted by molar-refractivity contribution is 5.31. The molecule has 1 aromatic carbocycles. The molecule has 1 heterocycles. The number of nitriles is 1. The van der Waals surface area contributed by atoms with Gasteiger partial charge in [0.2, 0.25) is 0 Å². The van der Waals surface area contributed by atoms with Crippen LogP contribution in [0.3, 0.4) is 0 Å². The first-order chi connectivity index (χ1) is 8.78. The van der Waals surface area contributed by atoms with E-state index in [4.69, 9.17) is 10.4 Å². The number of nitrogens with one attached hydrogen (secondary N) is 1. The molecule has 0 fully saturated rings. The van der Waals surface area contributed by atoms with Crippen LogP contribution < -0.4 is 5.32 Å². The first-order valence-electron chi connectivity index (χ1n) is 5.61. The van der Waals surface area contributed by atoms with E-state index in [0.717, 1.165) is 11.3 Å². The summed E-state index contributed by atoms with van der Waals surface area (Å²) in [6.07, 6.45) is 1.43. The molecule has 0 radical (unpaired) electrons. The lowest BCUT2D eigenvalue weighted by molar-refractivity contribution is 0.471. The molecule has 2 rings (SSSR count). The number of aromatic nitrogens is 1. The Morgan fingerprint density at radius 3 is 2.50 bits per heavy atom. The van der Waals surface area contributed by atoms with Crippen molar-refractivity contribution in [2.75, 3.05) is 0 Å². The van der Waals surface area contributed by atoms with Gasteiger partial charge in [-0.05, 0) is 29.8 Å². The Bertz CT molecular complexity index is 541. The van der Waals surface area contributed by atoms with Crippen LogP contribution in [0.4, 0.5) is 0 Å². The zero-order valence-corrected chi connectivity index (χ0v) is 9.80. The van der Waals surface area contributed by atoms with Crippen molar-refractivity contribution in [2.24, 2.45) is 0 Å². The van der Waals surface area contributed by atoms with Gasteiger partial charge >= 0.3 is 0 Å². The summed E-state index contributed by atoms with van der Waals surface area (Å²) in [5.74, 6) is 0.172. The van der Waals surface area contributed by atoms with E-state index >= 15 is 0 Å². The summed E-state index contributed by atoms with van der Waals surface area (Å²) in [6, 6.07) is 12.9. The van der Waals surface area contributed by atoms with E-state index in [1.807, 2.05) is 12.1 Å². The second-order valence-corrected chi connectivity index (χ2v) is 3.92. The molecule has 2 aromatic rings. The summed E-state index contributed by atoms with van der Waals surface area (Å²) >= 11 is 0. The largest absolute Gasteiger partial charge is 0.506 e. The van der Waals surface area contributed by atoms with Crippen molar-refractivity contribution in [1.82, 2.24) is 10.3 Å². The number of rotatable bonds is 4. The Hall–Kier alpha value is -2.38. The Labute approximate surface area is 106 Å². The molecule has 0 aliphatic carbocycles. The average Bonchev–Trinajstić information content (AvgIpc) is 2.42. The molecular weight excluding hydrogens is 226 g/mol. The highest BCUT2D eigenvalue weighted by Crippen LogP contribution is 2.06. The van der Waals surface area contributed by atoms with Crippen molar-refractivity contribution < 1.29 is 5.11 Å². The quantitative estimate of drug-likeness (QED) is 0.855. The van der Waals surface area contributed by atoms with E-state index in [2.05, 4.69) is 16.4 Å². The fraction of sp³-hybridized carbons (Fsp3) is 0.143. The standard InChI is InChI=1S/C14H13N3O/c15-7-11-1-3-12(4-2-11)8-16-9-13-5-6-14(18)10-17-13/h1-6,10,16,18H,8-9H2. The number of hydrogen-bond donors (Lipinski definition) is 2. The van der Waals surface area contributed by atoms with Crippen LogP contribution in [0.25, 0.3) is 0 Å². The second kappa shape index (κ2) is 5.80. The molecule has 0 aliphatic rings. The van der Waals surface area contributed by atoms with Crippen molar-refractivity contribution in [3.63, 3.8) is 0 Å². The van der Waals surface area contributed by atoms with Crippen molar-refractivity contribution in [3.05, 3.63) is 59.4 Å². The van der Waals surface area contributed by atoms with Gasteiger partial charge in [-0.15, -0.1) is 0 Å². The summed E-state index contributed by atoms with van der Waals surface area (Å²) in [5.41, 5.74) is 2.66. The minimum Gasteiger partial charge on any atom is -0.506 e. The van der Waals surface area contributed by atoms with Crippen molar-refractivity contribution in [3.8, 4) is 11.8 Å². The van der Waals surface area contributed by atoms with Gasteiger partial charge in [0.15, 0.2) is 0 Å². The Kier molecular flexibility index (Phi) is 3.90. The highest BCUT2D eigenvalue weighted by atomic mass is 16.3. The third-order valence-electron chi connectivity index (χ3n) is 2.53. The van der Waals surface area contributed by atoms with Crippen molar-refractivity contribution >= 4 is 0 Å². The third kappa shape index (κ3) is 3.30. The van der Waals surface area contributed by atoms with Crippen LogP contribution in [0.2, 0.25) is 0 Å². The van der Waals surface area contributed by atoms with Crippen LogP contribution in [0.15, 0.2) is 42.6 Å². The molecule has 4 nitrogen and oxygen atoms in total. The molecule has 1 aromatic heterocycles. The Balaban J connectivity index is 1.84. The SMILES string of the molecule is N#Cc1ccc(CNCc2ccc(O)cn2)cc1. The number of hydrogen-bond acceptors (Lipinski definition) is 4. The molecule has 90 valence electrons. The highest BCUT2D eigenvalue weighted by Gasteiger charge is 1.96. The maximum absolute atomic E-state index is 9.10. The lowest BCUT2D eigenvalue weighted by Crippen LogP contribution is -2.13. The van der Waals surface area contributed by atoms with E-state index < -0.39 is 0 Å².